The number of rotatable bonds is 2. The zero-order valence-electron chi connectivity index (χ0n) is 13.8. The van der Waals surface area contributed by atoms with E-state index < -0.39 is 35.2 Å². The molecular weight excluding hydrogens is 302 g/mol. The minimum atomic E-state index is -0.684. The quantitative estimate of drug-likeness (QED) is 0.834. The monoisotopic (exact) mass is 325 g/mol. The average Bonchev–Trinajstić information content (AvgIpc) is 2.84. The van der Waals surface area contributed by atoms with Crippen molar-refractivity contribution in [3.8, 4) is 0 Å². The van der Waals surface area contributed by atoms with Gasteiger partial charge in [0.05, 0.1) is 12.6 Å². The Kier molecular flexibility index (Phi) is 4.65. The average molecular weight is 325 g/mol. The Bertz CT molecular complexity index is 700. The number of nitrogens with one attached hydrogen (secondary N) is 1. The maximum absolute atomic E-state index is 12.5. The number of aromatic amines is 1. The van der Waals surface area contributed by atoms with E-state index in [0.717, 1.165) is 0 Å². The minimum Gasteiger partial charge on any atom is -0.444 e. The third kappa shape index (κ3) is 3.64. The third-order valence-corrected chi connectivity index (χ3v) is 3.75. The summed E-state index contributed by atoms with van der Waals surface area (Å²) >= 11 is 0. The summed E-state index contributed by atoms with van der Waals surface area (Å²) in [4.78, 5) is 39.7. The lowest BCUT2D eigenvalue weighted by atomic mass is 10.2. The lowest BCUT2D eigenvalue weighted by molar-refractivity contribution is 0.000574. The van der Waals surface area contributed by atoms with Gasteiger partial charge in [-0.25, -0.2) is 9.59 Å². The molecule has 0 saturated carbocycles. The molecule has 0 spiro atoms. The molecule has 1 aromatic heterocycles. The van der Waals surface area contributed by atoms with Gasteiger partial charge in [-0.1, -0.05) is 0 Å². The van der Waals surface area contributed by atoms with Gasteiger partial charge in [0.2, 0.25) is 0 Å². The van der Waals surface area contributed by atoms with Crippen molar-refractivity contribution in [2.75, 3.05) is 6.61 Å². The summed E-state index contributed by atoms with van der Waals surface area (Å²) in [6.07, 6.45) is 1.30. The number of aryl methyl sites for hydroxylation is 1. The number of H-pyrrole nitrogens is 1. The van der Waals surface area contributed by atoms with Crippen LogP contribution in [0.3, 0.4) is 0 Å². The molecule has 1 amide bonds. The second-order valence-electron chi connectivity index (χ2n) is 6.76. The number of hydrogen-bond acceptors (Lipinski definition) is 5. The van der Waals surface area contributed by atoms with Crippen molar-refractivity contribution < 1.29 is 14.6 Å². The molecule has 1 aromatic rings. The number of aliphatic hydroxyl groups excluding tert-OH is 1. The molecule has 2 N–H and O–H groups in total. The number of hydrogen-bond donors (Lipinski definition) is 2. The topological polar surface area (TPSA) is 105 Å². The number of nitrogens with zero attached hydrogens (tertiary/aromatic N) is 2. The number of likely N-dealkylation sites (tertiary alicyclic amines) is 1. The van der Waals surface area contributed by atoms with Crippen LogP contribution in [0.25, 0.3) is 0 Å². The Morgan fingerprint density at radius 1 is 1.39 bits per heavy atom. The molecule has 0 unspecified atom stereocenters. The van der Waals surface area contributed by atoms with Crippen LogP contribution < -0.4 is 11.2 Å². The van der Waals surface area contributed by atoms with E-state index in [9.17, 15) is 19.5 Å². The van der Waals surface area contributed by atoms with Crippen LogP contribution in [-0.2, 0) is 4.74 Å². The number of carbonyl (C=O) groups is 1. The molecule has 0 aliphatic carbocycles. The molecule has 2 heterocycles. The molecule has 8 heteroatoms. The van der Waals surface area contributed by atoms with Crippen LogP contribution in [0.1, 0.15) is 45.3 Å². The fourth-order valence-electron chi connectivity index (χ4n) is 2.71. The van der Waals surface area contributed by atoms with Gasteiger partial charge in [0.25, 0.3) is 5.56 Å². The highest BCUT2D eigenvalue weighted by Crippen LogP contribution is 2.32. The number of amides is 1. The summed E-state index contributed by atoms with van der Waals surface area (Å²) in [5.41, 5.74) is -1.35. The molecule has 2 atom stereocenters. The summed E-state index contributed by atoms with van der Waals surface area (Å²) < 4.78 is 6.70. The van der Waals surface area contributed by atoms with Crippen LogP contribution >= 0.6 is 0 Å². The van der Waals surface area contributed by atoms with E-state index in [1.807, 2.05) is 0 Å². The van der Waals surface area contributed by atoms with E-state index in [-0.39, 0.29) is 6.61 Å². The normalized spacial score (nSPS) is 21.5. The fourth-order valence-corrected chi connectivity index (χ4v) is 2.71. The molecule has 1 aliphatic heterocycles. The van der Waals surface area contributed by atoms with Crippen LogP contribution in [0, 0.1) is 6.92 Å². The zero-order valence-corrected chi connectivity index (χ0v) is 13.8. The first-order chi connectivity index (χ1) is 10.6. The fraction of sp³-hybridized carbons (Fsp3) is 0.667. The molecule has 128 valence electrons. The van der Waals surface area contributed by atoms with Crippen molar-refractivity contribution in [1.29, 1.82) is 0 Å². The Morgan fingerprint density at radius 2 is 2.04 bits per heavy atom. The van der Waals surface area contributed by atoms with Crippen LogP contribution in [0.4, 0.5) is 4.79 Å². The highest BCUT2D eigenvalue weighted by molar-refractivity contribution is 5.69. The summed E-state index contributed by atoms with van der Waals surface area (Å²) in [5.74, 6) is 0. The summed E-state index contributed by atoms with van der Waals surface area (Å²) in [7, 11) is 0. The zero-order chi connectivity index (χ0) is 17.4. The highest BCUT2D eigenvalue weighted by atomic mass is 16.6. The molecule has 0 aromatic carbocycles. The first-order valence-electron chi connectivity index (χ1n) is 7.58. The number of ether oxygens (including phenoxy) is 1. The van der Waals surface area contributed by atoms with Crippen molar-refractivity contribution in [1.82, 2.24) is 14.5 Å². The lowest BCUT2D eigenvalue weighted by Gasteiger charge is -2.32. The number of carbonyl (C=O) groups excluding carboxylic acids is 1. The standard InChI is InChI=1S/C15H23N3O5/c1-9-7-17(13(21)16-12(9)20)11-6-5-10(8-19)18(11)14(22)23-15(2,3)4/h7,10-11,19H,5-6,8H2,1-4H3,(H,16,20,21)/t10-,11+/m1/s1. The van der Waals surface area contributed by atoms with Gasteiger partial charge < -0.3 is 9.84 Å². The molecule has 1 fully saturated rings. The molecule has 0 bridgehead atoms. The number of aromatic nitrogens is 2. The van der Waals surface area contributed by atoms with Crippen molar-refractivity contribution in [2.24, 2.45) is 0 Å². The van der Waals surface area contributed by atoms with Gasteiger partial charge in [0.15, 0.2) is 0 Å². The Hall–Kier alpha value is -2.09. The molecule has 2 rings (SSSR count). The van der Waals surface area contributed by atoms with Crippen LogP contribution in [0.15, 0.2) is 15.8 Å². The van der Waals surface area contributed by atoms with E-state index in [4.69, 9.17) is 4.74 Å². The largest absolute Gasteiger partial charge is 0.444 e. The van der Waals surface area contributed by atoms with Gasteiger partial charge in [0, 0.05) is 11.8 Å². The van der Waals surface area contributed by atoms with Gasteiger partial charge in [-0.05, 0) is 40.5 Å². The van der Waals surface area contributed by atoms with Crippen molar-refractivity contribution in [2.45, 2.75) is 58.3 Å². The van der Waals surface area contributed by atoms with E-state index in [2.05, 4.69) is 4.98 Å². The molecule has 1 aliphatic rings. The third-order valence-electron chi connectivity index (χ3n) is 3.75. The molecular formula is C15H23N3O5. The molecule has 1 saturated heterocycles. The van der Waals surface area contributed by atoms with E-state index >= 15 is 0 Å². The smallest absolute Gasteiger partial charge is 0.412 e. The van der Waals surface area contributed by atoms with E-state index in [1.165, 1.54) is 15.7 Å². The minimum absolute atomic E-state index is 0.215. The van der Waals surface area contributed by atoms with Crippen LogP contribution in [0.5, 0.6) is 0 Å². The summed E-state index contributed by atoms with van der Waals surface area (Å²) in [6, 6.07) is -0.422. The molecule has 0 radical (unpaired) electrons. The second kappa shape index (κ2) is 6.19. The van der Waals surface area contributed by atoms with Crippen LogP contribution in [-0.4, -0.2) is 43.9 Å². The predicted molar refractivity (Wildman–Crippen MR) is 83.3 cm³/mol. The Balaban J connectivity index is 2.41. The van der Waals surface area contributed by atoms with Gasteiger partial charge in [-0.15, -0.1) is 0 Å². The van der Waals surface area contributed by atoms with Gasteiger partial charge in [0.1, 0.15) is 11.8 Å². The highest BCUT2D eigenvalue weighted by Gasteiger charge is 2.40. The first-order valence-corrected chi connectivity index (χ1v) is 7.58. The predicted octanol–water partition coefficient (Wildman–Crippen LogP) is 0.735. The first kappa shape index (κ1) is 17.3. The van der Waals surface area contributed by atoms with E-state index in [0.29, 0.717) is 18.4 Å². The van der Waals surface area contributed by atoms with Gasteiger partial charge >= 0.3 is 11.8 Å². The Labute approximate surface area is 133 Å². The summed E-state index contributed by atoms with van der Waals surface area (Å²) in [5, 5.41) is 9.52. The van der Waals surface area contributed by atoms with Gasteiger partial charge in [-0.2, -0.15) is 0 Å². The van der Waals surface area contributed by atoms with Gasteiger partial charge in [-0.3, -0.25) is 19.2 Å². The van der Waals surface area contributed by atoms with Crippen molar-refractivity contribution >= 4 is 6.09 Å². The van der Waals surface area contributed by atoms with E-state index in [1.54, 1.807) is 27.7 Å². The lowest BCUT2D eigenvalue weighted by Crippen LogP contribution is -2.46. The van der Waals surface area contributed by atoms with Crippen molar-refractivity contribution in [3.05, 3.63) is 32.6 Å². The van der Waals surface area contributed by atoms with Crippen LogP contribution in [0.2, 0.25) is 0 Å². The van der Waals surface area contributed by atoms with Crippen molar-refractivity contribution in [3.63, 3.8) is 0 Å². The maximum atomic E-state index is 12.5. The molecule has 8 nitrogen and oxygen atoms in total. The number of aliphatic hydroxyl groups is 1. The molecule has 23 heavy (non-hydrogen) atoms. The SMILES string of the molecule is Cc1cn([C@@H]2CC[C@H](CO)N2C(=O)OC(C)(C)C)c(=O)[nH]c1=O. The summed E-state index contributed by atoms with van der Waals surface area (Å²) in [6.45, 7) is 6.62. The maximum Gasteiger partial charge on any atom is 0.412 e. The Morgan fingerprint density at radius 3 is 2.61 bits per heavy atom. The second-order valence-corrected chi connectivity index (χ2v) is 6.76.